The molecule has 0 aliphatic rings. The summed E-state index contributed by atoms with van der Waals surface area (Å²) in [6.07, 6.45) is 0. The fourth-order valence-electron chi connectivity index (χ4n) is 0.179. The van der Waals surface area contributed by atoms with Crippen LogP contribution in [0.3, 0.4) is 0 Å². The third kappa shape index (κ3) is 3.65. The topological polar surface area (TPSA) is 44.3 Å². The van der Waals surface area contributed by atoms with Crippen molar-refractivity contribution in [2.75, 3.05) is 13.7 Å². The van der Waals surface area contributed by atoms with Gasteiger partial charge in [0.25, 0.3) is 0 Å². The lowest BCUT2D eigenvalue weighted by molar-refractivity contribution is 0.354. The first-order chi connectivity index (χ1) is 3.31. The Kier molecular flexibility index (Phi) is 3.87. The second-order valence-electron chi connectivity index (χ2n) is 0.956. The summed E-state index contributed by atoms with van der Waals surface area (Å²) < 4.78 is 0. The Morgan fingerprint density at radius 3 is 2.57 bits per heavy atom. The van der Waals surface area contributed by atoms with Gasteiger partial charge in [-0.3, -0.25) is 0 Å². The molecule has 0 atom stereocenters. The van der Waals surface area contributed by atoms with Crippen LogP contribution < -0.4 is 10.9 Å². The van der Waals surface area contributed by atoms with Crippen molar-refractivity contribution in [2.24, 2.45) is 0 Å². The van der Waals surface area contributed by atoms with E-state index < -0.39 is 0 Å². The Morgan fingerprint density at radius 1 is 1.86 bits per heavy atom. The van der Waals surface area contributed by atoms with Gasteiger partial charge < -0.3 is 10.5 Å². The van der Waals surface area contributed by atoms with E-state index in [-0.39, 0.29) is 6.61 Å². The van der Waals surface area contributed by atoms with E-state index in [0.29, 0.717) is 4.99 Å². The third-order valence-electron chi connectivity index (χ3n) is 0.408. The van der Waals surface area contributed by atoms with E-state index >= 15 is 0 Å². The van der Waals surface area contributed by atoms with Crippen molar-refractivity contribution in [1.29, 1.82) is 0 Å². The van der Waals surface area contributed by atoms with Crippen molar-refractivity contribution >= 4 is 17.2 Å². The van der Waals surface area contributed by atoms with Gasteiger partial charge in [-0.25, -0.2) is 5.43 Å². The highest BCUT2D eigenvalue weighted by Gasteiger charge is 1.83. The number of nitrogens with one attached hydrogen (secondary N) is 2. The minimum absolute atomic E-state index is 0.101. The van der Waals surface area contributed by atoms with Crippen LogP contribution in [0.5, 0.6) is 0 Å². The van der Waals surface area contributed by atoms with Gasteiger partial charge in [-0.15, -0.1) is 0 Å². The number of hydrazine groups is 1. The Hall–Kier alpha value is -0.190. The molecular formula is C3H8N2OS. The lowest BCUT2D eigenvalue weighted by atomic mass is 10.7. The van der Waals surface area contributed by atoms with Gasteiger partial charge in [-0.05, 0) is 0 Å². The van der Waals surface area contributed by atoms with Crippen LogP contribution in [-0.2, 0) is 0 Å². The molecule has 0 spiro atoms. The van der Waals surface area contributed by atoms with Gasteiger partial charge in [0.15, 0.2) is 0 Å². The Bertz CT molecular complexity index is 66.0. The zero-order valence-electron chi connectivity index (χ0n) is 4.06. The summed E-state index contributed by atoms with van der Waals surface area (Å²) in [7, 11) is 1.68. The molecule has 0 rings (SSSR count). The maximum atomic E-state index is 8.22. The molecule has 0 heterocycles. The molecule has 0 aromatic carbocycles. The summed E-state index contributed by atoms with van der Waals surface area (Å²) in [6, 6.07) is 0. The molecule has 0 amide bonds. The summed E-state index contributed by atoms with van der Waals surface area (Å²) in [5.74, 6) is 0. The molecule has 0 saturated heterocycles. The minimum Gasteiger partial charge on any atom is -0.389 e. The second-order valence-corrected chi connectivity index (χ2v) is 1.45. The smallest absolute Gasteiger partial charge is 0.115 e. The summed E-state index contributed by atoms with van der Waals surface area (Å²) in [5, 5.41) is 8.22. The first-order valence-electron chi connectivity index (χ1n) is 1.87. The van der Waals surface area contributed by atoms with Crippen LogP contribution in [0.1, 0.15) is 0 Å². The van der Waals surface area contributed by atoms with E-state index in [2.05, 4.69) is 23.1 Å². The van der Waals surface area contributed by atoms with Gasteiger partial charge in [0.2, 0.25) is 0 Å². The third-order valence-corrected chi connectivity index (χ3v) is 0.639. The molecule has 0 bridgehead atoms. The fourth-order valence-corrected chi connectivity index (χ4v) is 0.281. The highest BCUT2D eigenvalue weighted by Crippen LogP contribution is 1.61. The highest BCUT2D eigenvalue weighted by molar-refractivity contribution is 7.80. The SMILES string of the molecule is CNNC(=S)CO. The van der Waals surface area contributed by atoms with Crippen LogP contribution in [-0.4, -0.2) is 23.7 Å². The summed E-state index contributed by atoms with van der Waals surface area (Å²) in [6.45, 7) is -0.101. The number of thiocarbonyl (C=S) groups is 1. The van der Waals surface area contributed by atoms with Gasteiger partial charge in [-0.2, -0.15) is 0 Å². The monoisotopic (exact) mass is 120 g/mol. The van der Waals surface area contributed by atoms with Crippen molar-refractivity contribution in [3.05, 3.63) is 0 Å². The average Bonchev–Trinajstić information content (AvgIpc) is 1.68. The van der Waals surface area contributed by atoms with Crippen molar-refractivity contribution in [1.82, 2.24) is 10.9 Å². The molecule has 0 aromatic heterocycles. The fraction of sp³-hybridized carbons (Fsp3) is 0.667. The minimum atomic E-state index is -0.101. The number of aliphatic hydroxyl groups is 1. The van der Waals surface area contributed by atoms with Crippen LogP contribution in [0.4, 0.5) is 0 Å². The Morgan fingerprint density at radius 2 is 2.43 bits per heavy atom. The molecule has 0 saturated carbocycles. The van der Waals surface area contributed by atoms with Gasteiger partial charge in [-0.1, -0.05) is 12.2 Å². The van der Waals surface area contributed by atoms with E-state index in [9.17, 15) is 0 Å². The molecule has 42 valence electrons. The van der Waals surface area contributed by atoms with Gasteiger partial charge in [0, 0.05) is 7.05 Å². The predicted octanol–water partition coefficient (Wildman–Crippen LogP) is -0.970. The molecular weight excluding hydrogens is 112 g/mol. The molecule has 3 nitrogen and oxygen atoms in total. The first kappa shape index (κ1) is 6.81. The molecule has 3 N–H and O–H groups in total. The molecule has 4 heteroatoms. The number of hydrogen-bond donors (Lipinski definition) is 3. The molecule has 7 heavy (non-hydrogen) atoms. The number of aliphatic hydroxyl groups excluding tert-OH is 1. The maximum absolute atomic E-state index is 8.22. The summed E-state index contributed by atoms with van der Waals surface area (Å²) in [4.78, 5) is 0.405. The van der Waals surface area contributed by atoms with Crippen molar-refractivity contribution in [3.63, 3.8) is 0 Å². The largest absolute Gasteiger partial charge is 0.389 e. The van der Waals surface area contributed by atoms with Crippen LogP contribution in [0.25, 0.3) is 0 Å². The zero-order chi connectivity index (χ0) is 5.70. The van der Waals surface area contributed by atoms with E-state index in [1.807, 2.05) is 0 Å². The van der Waals surface area contributed by atoms with Crippen molar-refractivity contribution in [2.45, 2.75) is 0 Å². The molecule has 0 aliphatic carbocycles. The van der Waals surface area contributed by atoms with Crippen LogP contribution >= 0.6 is 12.2 Å². The van der Waals surface area contributed by atoms with Crippen molar-refractivity contribution < 1.29 is 5.11 Å². The van der Waals surface area contributed by atoms with E-state index in [1.54, 1.807) is 7.05 Å². The highest BCUT2D eigenvalue weighted by atomic mass is 32.1. The molecule has 0 unspecified atom stereocenters. The summed E-state index contributed by atoms with van der Waals surface area (Å²) in [5.41, 5.74) is 5.09. The van der Waals surface area contributed by atoms with Gasteiger partial charge in [0.05, 0.1) is 6.61 Å². The van der Waals surface area contributed by atoms with E-state index in [0.717, 1.165) is 0 Å². The molecule has 0 aliphatic heterocycles. The first-order valence-corrected chi connectivity index (χ1v) is 2.28. The lowest BCUT2D eigenvalue weighted by Gasteiger charge is -1.98. The van der Waals surface area contributed by atoms with Gasteiger partial charge in [0.1, 0.15) is 4.99 Å². The Balaban J connectivity index is 3.00. The standard InChI is InChI=1S/C3H8N2OS/c1-4-5-3(7)2-6/h4,6H,2H2,1H3,(H,5,7). The van der Waals surface area contributed by atoms with Gasteiger partial charge >= 0.3 is 0 Å². The molecule has 0 fully saturated rings. The lowest BCUT2D eigenvalue weighted by Crippen LogP contribution is -2.34. The summed E-state index contributed by atoms with van der Waals surface area (Å²) >= 11 is 4.53. The van der Waals surface area contributed by atoms with Crippen LogP contribution in [0.2, 0.25) is 0 Å². The maximum Gasteiger partial charge on any atom is 0.115 e. The molecule has 0 radical (unpaired) electrons. The second kappa shape index (κ2) is 3.98. The normalized spacial score (nSPS) is 8.29. The Labute approximate surface area is 47.7 Å². The molecule has 0 aromatic rings. The van der Waals surface area contributed by atoms with Crippen molar-refractivity contribution in [3.8, 4) is 0 Å². The number of hydrogen-bond acceptors (Lipinski definition) is 3. The van der Waals surface area contributed by atoms with Crippen LogP contribution in [0.15, 0.2) is 0 Å². The average molecular weight is 120 g/mol. The quantitative estimate of drug-likeness (QED) is 0.324. The number of rotatable bonds is 2. The van der Waals surface area contributed by atoms with E-state index in [4.69, 9.17) is 5.11 Å². The van der Waals surface area contributed by atoms with E-state index in [1.165, 1.54) is 0 Å². The zero-order valence-corrected chi connectivity index (χ0v) is 4.88. The predicted molar refractivity (Wildman–Crippen MR) is 31.9 cm³/mol. The van der Waals surface area contributed by atoms with Crippen LogP contribution in [0, 0.1) is 0 Å².